The monoisotopic (exact) mass is 249 g/mol. The summed E-state index contributed by atoms with van der Waals surface area (Å²) < 4.78 is 5.76. The number of hydrogen-bond donors (Lipinski definition) is 1. The number of benzene rings is 1. The summed E-state index contributed by atoms with van der Waals surface area (Å²) in [5, 5.41) is 3.51. The first-order chi connectivity index (χ1) is 8.67. The van der Waals surface area contributed by atoms with Gasteiger partial charge in [0.05, 0.1) is 12.6 Å². The van der Waals surface area contributed by atoms with Gasteiger partial charge in [0.25, 0.3) is 0 Å². The Kier molecular flexibility index (Phi) is 6.99. The van der Waals surface area contributed by atoms with Crippen molar-refractivity contribution < 1.29 is 4.74 Å². The predicted octanol–water partition coefficient (Wildman–Crippen LogP) is 3.77. The lowest BCUT2D eigenvalue weighted by molar-refractivity contribution is 0.109. The first-order valence-corrected chi connectivity index (χ1v) is 7.06. The fourth-order valence-corrected chi connectivity index (χ4v) is 2.18. The number of ether oxygens (including phenoxy) is 1. The Morgan fingerprint density at radius 1 is 1.11 bits per heavy atom. The Bertz CT molecular complexity index is 329. The van der Waals surface area contributed by atoms with Gasteiger partial charge in [-0.15, -0.1) is 0 Å². The lowest BCUT2D eigenvalue weighted by Gasteiger charge is -2.19. The van der Waals surface area contributed by atoms with Crippen molar-refractivity contribution in [1.82, 2.24) is 5.32 Å². The Hall–Kier alpha value is -0.860. The van der Waals surface area contributed by atoms with Gasteiger partial charge >= 0.3 is 0 Å². The van der Waals surface area contributed by atoms with E-state index in [9.17, 15) is 0 Å². The Balaban J connectivity index is 2.64. The average molecular weight is 249 g/mol. The second-order valence-electron chi connectivity index (χ2n) is 4.96. The van der Waals surface area contributed by atoms with E-state index in [1.807, 2.05) is 0 Å². The highest BCUT2D eigenvalue weighted by atomic mass is 16.5. The van der Waals surface area contributed by atoms with Gasteiger partial charge in [0.15, 0.2) is 0 Å². The van der Waals surface area contributed by atoms with Crippen molar-refractivity contribution in [3.8, 4) is 0 Å². The highest BCUT2D eigenvalue weighted by molar-refractivity contribution is 5.30. The van der Waals surface area contributed by atoms with Gasteiger partial charge < -0.3 is 10.1 Å². The summed E-state index contributed by atoms with van der Waals surface area (Å²) in [5.41, 5.74) is 3.98. The van der Waals surface area contributed by atoms with E-state index < -0.39 is 0 Å². The summed E-state index contributed by atoms with van der Waals surface area (Å²) in [6.07, 6.45) is 2.33. The topological polar surface area (TPSA) is 21.3 Å². The minimum absolute atomic E-state index is 0.311. The van der Waals surface area contributed by atoms with Crippen molar-refractivity contribution >= 4 is 0 Å². The number of unbranched alkanes of at least 4 members (excludes halogenated alkanes) is 1. The maximum absolute atomic E-state index is 5.76. The molecule has 102 valence electrons. The third-order valence-corrected chi connectivity index (χ3v) is 3.02. The van der Waals surface area contributed by atoms with Gasteiger partial charge in [-0.05, 0) is 32.4 Å². The number of aryl methyl sites for hydroxylation is 2. The molecule has 2 nitrogen and oxygen atoms in total. The van der Waals surface area contributed by atoms with Gasteiger partial charge in [-0.25, -0.2) is 0 Å². The van der Waals surface area contributed by atoms with Crippen molar-refractivity contribution in [2.75, 3.05) is 19.8 Å². The lowest BCUT2D eigenvalue weighted by atomic mass is 10.0. The molecular formula is C16H27NO. The second-order valence-corrected chi connectivity index (χ2v) is 4.96. The van der Waals surface area contributed by atoms with Gasteiger partial charge in [0, 0.05) is 6.61 Å². The van der Waals surface area contributed by atoms with Crippen molar-refractivity contribution in [1.29, 1.82) is 0 Å². The smallest absolute Gasteiger partial charge is 0.0661 e. The van der Waals surface area contributed by atoms with Crippen molar-refractivity contribution in [2.45, 2.75) is 46.6 Å². The van der Waals surface area contributed by atoms with Crippen LogP contribution < -0.4 is 5.32 Å². The van der Waals surface area contributed by atoms with Gasteiger partial charge in [0.1, 0.15) is 0 Å². The molecule has 0 aliphatic heterocycles. The maximum atomic E-state index is 5.76. The van der Waals surface area contributed by atoms with Crippen molar-refractivity contribution in [3.63, 3.8) is 0 Å². The fourth-order valence-electron chi connectivity index (χ4n) is 2.18. The summed E-state index contributed by atoms with van der Waals surface area (Å²) >= 11 is 0. The summed E-state index contributed by atoms with van der Waals surface area (Å²) in [6, 6.07) is 7.03. The zero-order valence-electron chi connectivity index (χ0n) is 12.3. The Morgan fingerprint density at radius 3 is 2.33 bits per heavy atom. The van der Waals surface area contributed by atoms with Gasteiger partial charge in [-0.3, -0.25) is 0 Å². The number of hydrogen-bond acceptors (Lipinski definition) is 2. The van der Waals surface area contributed by atoms with Crippen LogP contribution in [0.3, 0.4) is 0 Å². The average Bonchev–Trinajstić information content (AvgIpc) is 2.32. The molecule has 1 aromatic carbocycles. The highest BCUT2D eigenvalue weighted by Gasteiger charge is 2.11. The predicted molar refractivity (Wildman–Crippen MR) is 78.1 cm³/mol. The third-order valence-electron chi connectivity index (χ3n) is 3.02. The third kappa shape index (κ3) is 5.19. The Labute approximate surface area is 112 Å². The second kappa shape index (κ2) is 8.28. The molecule has 0 amide bonds. The van der Waals surface area contributed by atoms with E-state index in [2.05, 4.69) is 51.2 Å². The van der Waals surface area contributed by atoms with Crippen LogP contribution in [0.1, 0.15) is 49.4 Å². The largest absolute Gasteiger partial charge is 0.379 e. The van der Waals surface area contributed by atoms with Crippen molar-refractivity contribution in [3.05, 3.63) is 34.9 Å². The molecule has 0 aromatic heterocycles. The van der Waals surface area contributed by atoms with E-state index in [0.717, 1.165) is 26.2 Å². The minimum Gasteiger partial charge on any atom is -0.379 e. The number of rotatable bonds is 8. The molecule has 0 radical (unpaired) electrons. The molecule has 1 atom stereocenters. The molecule has 1 aromatic rings. The van der Waals surface area contributed by atoms with Crippen molar-refractivity contribution in [2.24, 2.45) is 0 Å². The van der Waals surface area contributed by atoms with Crippen LogP contribution in [0, 0.1) is 13.8 Å². The highest BCUT2D eigenvalue weighted by Crippen LogP contribution is 2.17. The molecule has 0 saturated carbocycles. The molecule has 0 fully saturated rings. The van der Waals surface area contributed by atoms with Crippen LogP contribution in [0.5, 0.6) is 0 Å². The molecule has 0 heterocycles. The molecule has 0 spiro atoms. The van der Waals surface area contributed by atoms with Crippen LogP contribution in [0.4, 0.5) is 0 Å². The summed E-state index contributed by atoms with van der Waals surface area (Å²) in [7, 11) is 0. The molecule has 0 aliphatic carbocycles. The van der Waals surface area contributed by atoms with E-state index in [4.69, 9.17) is 4.74 Å². The van der Waals surface area contributed by atoms with E-state index in [1.54, 1.807) is 0 Å². The molecule has 0 bridgehead atoms. The summed E-state index contributed by atoms with van der Waals surface area (Å²) in [4.78, 5) is 0. The lowest BCUT2D eigenvalue weighted by Crippen LogP contribution is -2.25. The maximum Gasteiger partial charge on any atom is 0.0661 e. The standard InChI is InChI=1S/C16H27NO/c1-5-7-8-18-12-16(17-6-2)15-10-13(3)9-14(4)11-15/h9-11,16-17H,5-8,12H2,1-4H3. The zero-order chi connectivity index (χ0) is 13.4. The van der Waals surface area contributed by atoms with Crippen LogP contribution in [0.25, 0.3) is 0 Å². The Morgan fingerprint density at radius 2 is 1.78 bits per heavy atom. The van der Waals surface area contributed by atoms with E-state index in [1.165, 1.54) is 23.1 Å². The first kappa shape index (κ1) is 15.2. The molecule has 0 saturated heterocycles. The fraction of sp³-hybridized carbons (Fsp3) is 0.625. The van der Waals surface area contributed by atoms with Crippen LogP contribution in [-0.4, -0.2) is 19.8 Å². The van der Waals surface area contributed by atoms with E-state index in [0.29, 0.717) is 6.04 Å². The quantitative estimate of drug-likeness (QED) is 0.708. The molecular weight excluding hydrogens is 222 g/mol. The summed E-state index contributed by atoms with van der Waals surface area (Å²) in [6.45, 7) is 11.2. The molecule has 18 heavy (non-hydrogen) atoms. The van der Waals surface area contributed by atoms with Crippen LogP contribution in [0.15, 0.2) is 18.2 Å². The number of likely N-dealkylation sites (N-methyl/N-ethyl adjacent to an activating group) is 1. The molecule has 1 rings (SSSR count). The minimum atomic E-state index is 0.311. The van der Waals surface area contributed by atoms with Crippen LogP contribution >= 0.6 is 0 Å². The van der Waals surface area contributed by atoms with E-state index in [-0.39, 0.29) is 0 Å². The van der Waals surface area contributed by atoms with E-state index >= 15 is 0 Å². The molecule has 1 unspecified atom stereocenters. The zero-order valence-corrected chi connectivity index (χ0v) is 12.3. The van der Waals surface area contributed by atoms with Gasteiger partial charge in [-0.1, -0.05) is 49.6 Å². The normalized spacial score (nSPS) is 12.7. The molecule has 0 aliphatic rings. The van der Waals surface area contributed by atoms with Crippen LogP contribution in [0.2, 0.25) is 0 Å². The van der Waals surface area contributed by atoms with Crippen LogP contribution in [-0.2, 0) is 4.74 Å². The first-order valence-electron chi connectivity index (χ1n) is 7.06. The summed E-state index contributed by atoms with van der Waals surface area (Å²) in [5.74, 6) is 0. The molecule has 1 N–H and O–H groups in total. The van der Waals surface area contributed by atoms with Gasteiger partial charge in [0.2, 0.25) is 0 Å². The number of nitrogens with one attached hydrogen (secondary N) is 1. The molecule has 2 heteroatoms. The SMILES string of the molecule is CCCCOCC(NCC)c1cc(C)cc(C)c1. The van der Waals surface area contributed by atoms with Gasteiger partial charge in [-0.2, -0.15) is 0 Å².